The van der Waals surface area contributed by atoms with E-state index >= 15 is 0 Å². The van der Waals surface area contributed by atoms with Gasteiger partial charge in [0.1, 0.15) is 11.4 Å². The van der Waals surface area contributed by atoms with Crippen molar-refractivity contribution in [2.45, 2.75) is 25.2 Å². The first-order valence-corrected chi connectivity index (χ1v) is 9.03. The molecule has 1 fully saturated rings. The highest BCUT2D eigenvalue weighted by Crippen LogP contribution is 2.42. The number of imidazole rings is 1. The first-order valence-electron chi connectivity index (χ1n) is 9.03. The Bertz CT molecular complexity index is 1120. The summed E-state index contributed by atoms with van der Waals surface area (Å²) < 4.78 is 32.8. The maximum atomic E-state index is 12.8. The van der Waals surface area contributed by atoms with Gasteiger partial charge in [0.2, 0.25) is 0 Å². The van der Waals surface area contributed by atoms with Crippen LogP contribution in [0.5, 0.6) is 5.75 Å². The fourth-order valence-corrected chi connectivity index (χ4v) is 3.39. The standard InChI is InChI=1S/C20H17F2N5O2/c1-29-17-7-12(24-20(28)15-4-2-3-14(25-15)18(21)22)9-27-10-16(26-19(17)27)13-6-5-11(13)8-23/h2-4,7,9-11,13,18H,5-6H2,1H3,(H,24,28)/t11?,13-/m1/s1. The van der Waals surface area contributed by atoms with Crippen molar-refractivity contribution >= 4 is 17.2 Å². The minimum Gasteiger partial charge on any atom is -0.493 e. The van der Waals surface area contributed by atoms with E-state index in [9.17, 15) is 18.8 Å². The molecule has 0 aromatic carbocycles. The molecule has 3 aromatic heterocycles. The third-order valence-electron chi connectivity index (χ3n) is 5.06. The highest BCUT2D eigenvalue weighted by molar-refractivity contribution is 6.03. The lowest BCUT2D eigenvalue weighted by Crippen LogP contribution is -2.22. The Morgan fingerprint density at radius 3 is 2.83 bits per heavy atom. The van der Waals surface area contributed by atoms with E-state index in [2.05, 4.69) is 21.4 Å². The van der Waals surface area contributed by atoms with Crippen LogP contribution in [0.1, 0.15) is 47.1 Å². The molecule has 0 bridgehead atoms. The molecular weight excluding hydrogens is 380 g/mol. The molecular formula is C20H17F2N5O2. The van der Waals surface area contributed by atoms with Gasteiger partial charge in [-0.15, -0.1) is 0 Å². The zero-order valence-corrected chi connectivity index (χ0v) is 15.5. The fourth-order valence-electron chi connectivity index (χ4n) is 3.39. The summed E-state index contributed by atoms with van der Waals surface area (Å²) in [4.78, 5) is 20.7. The van der Waals surface area contributed by atoms with Crippen molar-refractivity contribution in [1.29, 1.82) is 5.26 Å². The molecule has 29 heavy (non-hydrogen) atoms. The molecule has 0 spiro atoms. The molecule has 0 radical (unpaired) electrons. The number of carbonyl (C=O) groups is 1. The Balaban J connectivity index is 1.63. The van der Waals surface area contributed by atoms with Crippen molar-refractivity contribution in [3.8, 4) is 11.8 Å². The van der Waals surface area contributed by atoms with Gasteiger partial charge in [-0.2, -0.15) is 5.26 Å². The number of nitrogens with one attached hydrogen (secondary N) is 1. The van der Waals surface area contributed by atoms with Gasteiger partial charge in [0.15, 0.2) is 11.4 Å². The Labute approximate surface area is 165 Å². The number of aromatic nitrogens is 3. The quantitative estimate of drug-likeness (QED) is 0.704. The van der Waals surface area contributed by atoms with Crippen molar-refractivity contribution in [2.24, 2.45) is 5.92 Å². The third kappa shape index (κ3) is 3.49. The van der Waals surface area contributed by atoms with Crippen LogP contribution in [0.4, 0.5) is 14.5 Å². The molecule has 1 saturated carbocycles. The summed E-state index contributed by atoms with van der Waals surface area (Å²) in [5.74, 6) is -0.129. The molecule has 3 aromatic rings. The second-order valence-corrected chi connectivity index (χ2v) is 6.82. The van der Waals surface area contributed by atoms with Crippen LogP contribution in [0.25, 0.3) is 5.65 Å². The van der Waals surface area contributed by atoms with Gasteiger partial charge in [-0.05, 0) is 25.0 Å². The number of methoxy groups -OCH3 is 1. The second-order valence-electron chi connectivity index (χ2n) is 6.82. The van der Waals surface area contributed by atoms with Crippen LogP contribution in [-0.2, 0) is 0 Å². The molecule has 7 nitrogen and oxygen atoms in total. The van der Waals surface area contributed by atoms with Crippen LogP contribution in [0.2, 0.25) is 0 Å². The normalized spacial score (nSPS) is 18.3. The minimum atomic E-state index is -2.76. The third-order valence-corrected chi connectivity index (χ3v) is 5.06. The minimum absolute atomic E-state index is 0.0433. The number of hydrogen-bond donors (Lipinski definition) is 1. The molecule has 1 amide bonds. The van der Waals surface area contributed by atoms with E-state index in [0.29, 0.717) is 17.1 Å². The van der Waals surface area contributed by atoms with Gasteiger partial charge in [-0.25, -0.2) is 18.7 Å². The Hall–Kier alpha value is -3.54. The van der Waals surface area contributed by atoms with Crippen molar-refractivity contribution in [2.75, 3.05) is 12.4 Å². The Morgan fingerprint density at radius 1 is 1.34 bits per heavy atom. The maximum absolute atomic E-state index is 12.8. The largest absolute Gasteiger partial charge is 0.493 e. The van der Waals surface area contributed by atoms with Crippen LogP contribution in [-0.4, -0.2) is 27.4 Å². The predicted molar refractivity (Wildman–Crippen MR) is 100.0 cm³/mol. The summed E-state index contributed by atoms with van der Waals surface area (Å²) in [5.41, 5.74) is 1.20. The smallest absolute Gasteiger partial charge is 0.280 e. The average molecular weight is 397 g/mol. The van der Waals surface area contributed by atoms with Crippen molar-refractivity contribution in [3.63, 3.8) is 0 Å². The monoisotopic (exact) mass is 397 g/mol. The Morgan fingerprint density at radius 2 is 2.17 bits per heavy atom. The number of pyridine rings is 2. The summed E-state index contributed by atoms with van der Waals surface area (Å²) in [7, 11) is 1.49. The number of anilines is 1. The maximum Gasteiger partial charge on any atom is 0.280 e. The van der Waals surface area contributed by atoms with Gasteiger partial charge in [0.25, 0.3) is 12.3 Å². The van der Waals surface area contributed by atoms with E-state index in [4.69, 9.17) is 4.74 Å². The fraction of sp³-hybridized carbons (Fsp3) is 0.300. The van der Waals surface area contributed by atoms with Crippen LogP contribution < -0.4 is 10.1 Å². The number of carbonyl (C=O) groups excluding carboxylic acids is 1. The highest BCUT2D eigenvalue weighted by atomic mass is 19.3. The number of nitriles is 1. The number of halogens is 2. The molecule has 1 N–H and O–H groups in total. The lowest BCUT2D eigenvalue weighted by Gasteiger charge is -2.29. The van der Waals surface area contributed by atoms with Crippen LogP contribution in [0.3, 0.4) is 0 Å². The summed E-state index contributed by atoms with van der Waals surface area (Å²) in [6, 6.07) is 7.79. The lowest BCUT2D eigenvalue weighted by molar-refractivity contribution is 0.102. The zero-order valence-electron chi connectivity index (χ0n) is 15.5. The zero-order chi connectivity index (χ0) is 20.5. The molecule has 3 heterocycles. The van der Waals surface area contributed by atoms with E-state index in [1.165, 1.54) is 25.3 Å². The molecule has 0 saturated heterocycles. The van der Waals surface area contributed by atoms with Crippen molar-refractivity contribution < 1.29 is 18.3 Å². The topological polar surface area (TPSA) is 92.3 Å². The molecule has 9 heteroatoms. The molecule has 1 aliphatic carbocycles. The van der Waals surface area contributed by atoms with Gasteiger partial charge in [0.05, 0.1) is 30.5 Å². The molecule has 2 atom stereocenters. The lowest BCUT2D eigenvalue weighted by atomic mass is 9.73. The van der Waals surface area contributed by atoms with Gasteiger partial charge in [-0.3, -0.25) is 4.79 Å². The van der Waals surface area contributed by atoms with E-state index in [1.807, 2.05) is 6.20 Å². The summed E-state index contributed by atoms with van der Waals surface area (Å²) in [6.45, 7) is 0. The number of nitrogens with zero attached hydrogens (tertiary/aromatic N) is 4. The Kier molecular flexibility index (Phi) is 4.84. The van der Waals surface area contributed by atoms with Gasteiger partial charge < -0.3 is 14.5 Å². The average Bonchev–Trinajstić information content (AvgIpc) is 3.09. The van der Waals surface area contributed by atoms with Crippen molar-refractivity contribution in [1.82, 2.24) is 14.4 Å². The number of amides is 1. The number of ether oxygens (including phenoxy) is 1. The summed E-state index contributed by atoms with van der Waals surface area (Å²) in [6.07, 6.45) is 2.48. The predicted octanol–water partition coefficient (Wildman–Crippen LogP) is 3.94. The molecule has 1 aliphatic rings. The van der Waals surface area contributed by atoms with Gasteiger partial charge >= 0.3 is 0 Å². The summed E-state index contributed by atoms with van der Waals surface area (Å²) >= 11 is 0. The number of alkyl halides is 2. The number of rotatable bonds is 5. The first kappa shape index (κ1) is 18.8. The van der Waals surface area contributed by atoms with Gasteiger partial charge in [0, 0.05) is 24.4 Å². The molecule has 4 rings (SSSR count). The van der Waals surface area contributed by atoms with E-state index in [1.54, 1.807) is 16.7 Å². The van der Waals surface area contributed by atoms with E-state index < -0.39 is 18.0 Å². The van der Waals surface area contributed by atoms with Gasteiger partial charge in [-0.1, -0.05) is 6.07 Å². The highest BCUT2D eigenvalue weighted by Gasteiger charge is 2.34. The number of hydrogen-bond acceptors (Lipinski definition) is 5. The SMILES string of the molecule is COc1cc(NC(=O)c2cccc(C(F)F)n2)cn2cc([C@@H]3CCC3C#N)nc12. The second kappa shape index (κ2) is 7.47. The molecule has 1 unspecified atom stereocenters. The summed E-state index contributed by atoms with van der Waals surface area (Å²) in [5, 5.41) is 11.8. The first-order chi connectivity index (χ1) is 14.0. The van der Waals surface area contributed by atoms with Crippen LogP contribution in [0.15, 0.2) is 36.7 Å². The van der Waals surface area contributed by atoms with Crippen LogP contribution in [0, 0.1) is 17.2 Å². The van der Waals surface area contributed by atoms with Crippen molar-refractivity contribution in [3.05, 3.63) is 53.7 Å². The molecule has 0 aliphatic heterocycles. The van der Waals surface area contributed by atoms with Crippen LogP contribution >= 0.6 is 0 Å². The van der Waals surface area contributed by atoms with E-state index in [0.717, 1.165) is 18.5 Å². The molecule has 148 valence electrons. The van der Waals surface area contributed by atoms with E-state index in [-0.39, 0.29) is 17.5 Å². The number of fused-ring (bicyclic) bond motifs is 1.